The molecule has 0 aliphatic heterocycles. The van der Waals surface area contributed by atoms with Crippen LogP contribution in [0, 0.1) is 0 Å². The average molecular weight is 473 g/mol. The molecule has 0 saturated carbocycles. The van der Waals surface area contributed by atoms with Gasteiger partial charge in [-0.1, -0.05) is 12.1 Å². The summed E-state index contributed by atoms with van der Waals surface area (Å²) in [5.41, 5.74) is 0.958. The van der Waals surface area contributed by atoms with Crippen molar-refractivity contribution in [3.05, 3.63) is 72.3 Å². The Morgan fingerprint density at radius 1 is 1.09 bits per heavy atom. The second-order valence-electron chi connectivity index (χ2n) is 6.93. The maximum Gasteiger partial charge on any atom is 0.335 e. The van der Waals surface area contributed by atoms with E-state index < -0.39 is 22.5 Å². The molecule has 2 N–H and O–H groups in total. The number of carboxylic acid groups (broad SMARTS) is 1. The molecule has 0 saturated heterocycles. The topological polar surface area (TPSA) is 111 Å². The molecule has 0 fully saturated rings. The molecule has 1 aromatic heterocycles. The van der Waals surface area contributed by atoms with Gasteiger partial charge in [-0.15, -0.1) is 0 Å². The molecule has 0 atom stereocenters. The van der Waals surface area contributed by atoms with Gasteiger partial charge in [0.05, 0.1) is 23.7 Å². The molecule has 0 amide bonds. The Balaban J connectivity index is 1.68. The van der Waals surface area contributed by atoms with Crippen molar-refractivity contribution in [1.82, 2.24) is 9.55 Å². The summed E-state index contributed by atoms with van der Waals surface area (Å²) in [5, 5.41) is 9.16. The van der Waals surface area contributed by atoms with Gasteiger partial charge in [0, 0.05) is 11.3 Å². The molecule has 0 bridgehead atoms. The van der Waals surface area contributed by atoms with Gasteiger partial charge in [-0.25, -0.2) is 18.2 Å². The first-order valence-corrected chi connectivity index (χ1v) is 11.0. The van der Waals surface area contributed by atoms with Crippen LogP contribution in [0.25, 0.3) is 22.4 Å². The molecule has 4 aromatic rings. The van der Waals surface area contributed by atoms with Crippen LogP contribution >= 0.6 is 0 Å². The van der Waals surface area contributed by atoms with Crippen molar-refractivity contribution in [2.24, 2.45) is 0 Å². The maximum absolute atomic E-state index is 13.7. The van der Waals surface area contributed by atoms with Gasteiger partial charge >= 0.3 is 12.5 Å². The summed E-state index contributed by atoms with van der Waals surface area (Å²) < 4.78 is 61.3. The summed E-state index contributed by atoms with van der Waals surface area (Å²) >= 11 is 0. The Kier molecular flexibility index (Phi) is 5.73. The maximum atomic E-state index is 13.7. The number of para-hydroxylation sites is 2. The standard InChI is InChI=1S/C22H17F2N3O5S/c1-32-18-11-8-14(21(28)29)12-19(18)33(30,31)26-15-9-6-13(7-10-15)20-25-16-4-2-3-5-17(16)27(20)22(23)24/h2-12,22,26H,1H3,(H,28,29). The van der Waals surface area contributed by atoms with Crippen LogP contribution in [0.3, 0.4) is 0 Å². The number of hydrogen-bond donors (Lipinski definition) is 2. The molecule has 11 heteroatoms. The van der Waals surface area contributed by atoms with Crippen molar-refractivity contribution in [2.75, 3.05) is 11.8 Å². The van der Waals surface area contributed by atoms with Crippen LogP contribution in [0.5, 0.6) is 5.75 Å². The summed E-state index contributed by atoms with van der Waals surface area (Å²) in [5.74, 6) is -1.29. The second kappa shape index (κ2) is 8.51. The zero-order valence-corrected chi connectivity index (χ0v) is 17.9. The third-order valence-corrected chi connectivity index (χ3v) is 6.29. The minimum absolute atomic E-state index is 0.0326. The number of sulfonamides is 1. The van der Waals surface area contributed by atoms with E-state index in [0.29, 0.717) is 11.1 Å². The van der Waals surface area contributed by atoms with E-state index in [9.17, 15) is 22.0 Å². The number of hydrogen-bond acceptors (Lipinski definition) is 5. The molecule has 4 rings (SSSR count). The van der Waals surface area contributed by atoms with Crippen LogP contribution in [0.15, 0.2) is 71.6 Å². The summed E-state index contributed by atoms with van der Waals surface area (Å²) in [7, 11) is -2.95. The van der Waals surface area contributed by atoms with Gasteiger partial charge in [0.25, 0.3) is 10.0 Å². The number of rotatable bonds is 7. The van der Waals surface area contributed by atoms with Crippen molar-refractivity contribution >= 4 is 32.7 Å². The fourth-order valence-corrected chi connectivity index (χ4v) is 4.62. The first-order chi connectivity index (χ1) is 15.7. The molecule has 170 valence electrons. The lowest BCUT2D eigenvalue weighted by molar-refractivity contribution is 0.0695. The summed E-state index contributed by atoms with van der Waals surface area (Å²) in [6.07, 6.45) is 0. The molecular formula is C22H17F2N3O5S. The number of methoxy groups -OCH3 is 1. The van der Waals surface area contributed by atoms with E-state index in [1.165, 1.54) is 43.5 Å². The largest absolute Gasteiger partial charge is 0.495 e. The fourth-order valence-electron chi connectivity index (χ4n) is 3.36. The smallest absolute Gasteiger partial charge is 0.335 e. The van der Waals surface area contributed by atoms with Gasteiger partial charge in [0.2, 0.25) is 0 Å². The molecule has 8 nitrogen and oxygen atoms in total. The van der Waals surface area contributed by atoms with Gasteiger partial charge in [0.1, 0.15) is 16.5 Å². The van der Waals surface area contributed by atoms with Gasteiger partial charge in [0.15, 0.2) is 0 Å². The van der Waals surface area contributed by atoms with Gasteiger partial charge in [-0.05, 0) is 54.6 Å². The van der Waals surface area contributed by atoms with E-state index in [4.69, 9.17) is 9.84 Å². The van der Waals surface area contributed by atoms with E-state index in [1.54, 1.807) is 24.3 Å². The van der Waals surface area contributed by atoms with Crippen LogP contribution < -0.4 is 9.46 Å². The predicted molar refractivity (Wildman–Crippen MR) is 117 cm³/mol. The van der Waals surface area contributed by atoms with Crippen molar-refractivity contribution in [2.45, 2.75) is 11.4 Å². The molecule has 0 unspecified atom stereocenters. The average Bonchev–Trinajstić information content (AvgIpc) is 3.18. The van der Waals surface area contributed by atoms with Crippen LogP contribution in [0.1, 0.15) is 16.9 Å². The van der Waals surface area contributed by atoms with E-state index >= 15 is 0 Å². The molecule has 0 aliphatic rings. The number of carboxylic acids is 1. The lowest BCUT2D eigenvalue weighted by Gasteiger charge is -2.13. The van der Waals surface area contributed by atoms with Crippen LogP contribution in [-0.4, -0.2) is 36.2 Å². The number of alkyl halides is 2. The number of benzene rings is 3. The van der Waals surface area contributed by atoms with E-state index in [0.717, 1.165) is 10.6 Å². The molecule has 33 heavy (non-hydrogen) atoms. The number of fused-ring (bicyclic) bond motifs is 1. The minimum Gasteiger partial charge on any atom is -0.495 e. The summed E-state index contributed by atoms with van der Waals surface area (Å²) in [6, 6.07) is 15.7. The molecule has 0 radical (unpaired) electrons. The predicted octanol–water partition coefficient (Wildman–Crippen LogP) is 4.61. The second-order valence-corrected chi connectivity index (χ2v) is 8.58. The minimum atomic E-state index is -4.21. The molecule has 1 heterocycles. The van der Waals surface area contributed by atoms with E-state index in [1.807, 2.05) is 0 Å². The zero-order valence-electron chi connectivity index (χ0n) is 17.1. The van der Waals surface area contributed by atoms with Crippen molar-refractivity contribution in [1.29, 1.82) is 0 Å². The van der Waals surface area contributed by atoms with Crippen LogP contribution in [0.2, 0.25) is 0 Å². The first-order valence-electron chi connectivity index (χ1n) is 9.51. The van der Waals surface area contributed by atoms with E-state index in [-0.39, 0.29) is 33.2 Å². The normalized spacial score (nSPS) is 11.6. The Hall–Kier alpha value is -3.99. The molecular weight excluding hydrogens is 456 g/mol. The number of halogens is 2. The first kappa shape index (κ1) is 22.2. The Bertz CT molecular complexity index is 1450. The zero-order chi connectivity index (χ0) is 23.8. The van der Waals surface area contributed by atoms with Crippen LogP contribution in [0.4, 0.5) is 14.5 Å². The van der Waals surface area contributed by atoms with E-state index in [2.05, 4.69) is 9.71 Å². The quantitative estimate of drug-likeness (QED) is 0.406. The van der Waals surface area contributed by atoms with Gasteiger partial charge in [-0.3, -0.25) is 9.29 Å². The Labute approximate surface area is 187 Å². The number of carbonyl (C=O) groups is 1. The van der Waals surface area contributed by atoms with Gasteiger partial charge in [-0.2, -0.15) is 8.78 Å². The number of imidazole rings is 1. The lowest BCUT2D eigenvalue weighted by atomic mass is 10.2. The molecule has 3 aromatic carbocycles. The van der Waals surface area contributed by atoms with Crippen LogP contribution in [-0.2, 0) is 10.0 Å². The SMILES string of the molecule is COc1ccc(C(=O)O)cc1S(=O)(=O)Nc1ccc(-c2nc3ccccc3n2C(F)F)cc1. The Morgan fingerprint density at radius 2 is 1.79 bits per heavy atom. The third-order valence-electron chi connectivity index (χ3n) is 4.89. The number of nitrogens with one attached hydrogen (secondary N) is 1. The summed E-state index contributed by atoms with van der Waals surface area (Å²) in [6.45, 7) is -2.82. The fraction of sp³-hybridized carbons (Fsp3) is 0.0909. The highest BCUT2D eigenvalue weighted by Gasteiger charge is 2.23. The van der Waals surface area contributed by atoms with Crippen molar-refractivity contribution in [3.8, 4) is 17.1 Å². The number of anilines is 1. The molecule has 0 aliphatic carbocycles. The highest BCUT2D eigenvalue weighted by Crippen LogP contribution is 2.31. The number of aromatic carboxylic acids is 1. The molecule has 0 spiro atoms. The third kappa shape index (κ3) is 4.22. The van der Waals surface area contributed by atoms with Crippen molar-refractivity contribution < 1.29 is 31.8 Å². The highest BCUT2D eigenvalue weighted by atomic mass is 32.2. The number of nitrogens with zero attached hydrogens (tertiary/aromatic N) is 2. The Morgan fingerprint density at radius 3 is 2.42 bits per heavy atom. The summed E-state index contributed by atoms with van der Waals surface area (Å²) in [4.78, 5) is 15.2. The monoisotopic (exact) mass is 473 g/mol. The lowest BCUT2D eigenvalue weighted by Crippen LogP contribution is -2.15. The number of ether oxygens (including phenoxy) is 1. The number of aromatic nitrogens is 2. The van der Waals surface area contributed by atoms with Gasteiger partial charge < -0.3 is 9.84 Å². The highest BCUT2D eigenvalue weighted by molar-refractivity contribution is 7.92. The van der Waals surface area contributed by atoms with Crippen molar-refractivity contribution in [3.63, 3.8) is 0 Å².